The van der Waals surface area contributed by atoms with Gasteiger partial charge in [0.2, 0.25) is 0 Å². The van der Waals surface area contributed by atoms with E-state index in [1.807, 2.05) is 4.90 Å². The topological polar surface area (TPSA) is 108 Å². The van der Waals surface area contributed by atoms with Gasteiger partial charge in [0.15, 0.2) is 12.2 Å². The highest BCUT2D eigenvalue weighted by atomic mass is 16.6. The zero-order chi connectivity index (χ0) is 16.4. The monoisotopic (exact) mass is 314 g/mol. The first-order valence-electron chi connectivity index (χ1n) is 7.31. The molecule has 0 spiro atoms. The van der Waals surface area contributed by atoms with Gasteiger partial charge in [0.05, 0.1) is 12.1 Å². The van der Waals surface area contributed by atoms with Crippen molar-refractivity contribution in [2.75, 3.05) is 13.1 Å². The Hall–Kier alpha value is -1.67. The van der Waals surface area contributed by atoms with Crippen LogP contribution in [0.1, 0.15) is 27.2 Å². The van der Waals surface area contributed by atoms with Gasteiger partial charge in [-0.05, 0) is 6.42 Å². The zero-order valence-corrected chi connectivity index (χ0v) is 13.0. The Balaban J connectivity index is 2.26. The van der Waals surface area contributed by atoms with E-state index < -0.39 is 42.3 Å². The van der Waals surface area contributed by atoms with Gasteiger partial charge in [0.25, 0.3) is 0 Å². The summed E-state index contributed by atoms with van der Waals surface area (Å²) in [6, 6.07) is -0.822. The van der Waals surface area contributed by atoms with Crippen LogP contribution in [0.3, 0.4) is 0 Å². The number of carbonyl (C=O) groups is 3. The Morgan fingerprint density at radius 2 is 1.50 bits per heavy atom. The van der Waals surface area contributed by atoms with Gasteiger partial charge in [-0.3, -0.25) is 19.3 Å². The fourth-order valence-electron chi connectivity index (χ4n) is 3.31. The standard InChI is InChI=1S/C14H22N2O6/c1-7(17)20-11-4-5-16-6-10(15)13(21-8(2)18)14(12(11)16)22-9(3)19/h10-14H,4-6,15H2,1-3H3/t10-,11-,12?,13+,14+/m0/s1. The number of fused-ring (bicyclic) bond motifs is 1. The van der Waals surface area contributed by atoms with E-state index in [1.165, 1.54) is 20.8 Å². The predicted octanol–water partition coefficient (Wildman–Crippen LogP) is -0.803. The molecule has 2 N–H and O–H groups in total. The molecule has 22 heavy (non-hydrogen) atoms. The van der Waals surface area contributed by atoms with Crippen molar-refractivity contribution < 1.29 is 28.6 Å². The zero-order valence-electron chi connectivity index (χ0n) is 13.0. The molecular weight excluding hydrogens is 292 g/mol. The molecule has 0 aromatic heterocycles. The van der Waals surface area contributed by atoms with Crippen molar-refractivity contribution in [1.29, 1.82) is 0 Å². The number of esters is 3. The minimum absolute atomic E-state index is 0.350. The third-order valence-electron chi connectivity index (χ3n) is 3.95. The average Bonchev–Trinajstić information content (AvgIpc) is 2.74. The van der Waals surface area contributed by atoms with E-state index in [4.69, 9.17) is 19.9 Å². The van der Waals surface area contributed by atoms with Crippen LogP contribution < -0.4 is 5.73 Å². The molecule has 0 aromatic rings. The first-order chi connectivity index (χ1) is 10.3. The SMILES string of the molecule is CC(=O)O[C@H]1[C@H](OC(C)=O)C2[C@@H](OC(C)=O)CCN2C[C@@H]1N. The lowest BCUT2D eigenvalue weighted by Gasteiger charge is -2.44. The fourth-order valence-corrected chi connectivity index (χ4v) is 3.31. The molecule has 0 aromatic carbocycles. The molecule has 8 heteroatoms. The second-order valence-corrected chi connectivity index (χ2v) is 5.73. The molecule has 2 rings (SSSR count). The molecule has 0 bridgehead atoms. The molecular formula is C14H22N2O6. The summed E-state index contributed by atoms with van der Waals surface area (Å²) in [7, 11) is 0. The molecule has 2 heterocycles. The summed E-state index contributed by atoms with van der Waals surface area (Å²) in [5.74, 6) is -1.38. The molecule has 0 saturated carbocycles. The van der Waals surface area contributed by atoms with Crippen LogP contribution in [0.5, 0.6) is 0 Å². The van der Waals surface area contributed by atoms with Crippen molar-refractivity contribution in [2.45, 2.75) is 57.6 Å². The number of carbonyl (C=O) groups excluding carboxylic acids is 3. The van der Waals surface area contributed by atoms with E-state index in [9.17, 15) is 14.4 Å². The Labute approximate surface area is 128 Å². The summed E-state index contributed by atoms with van der Waals surface area (Å²) in [6.45, 7) is 5.06. The summed E-state index contributed by atoms with van der Waals surface area (Å²) >= 11 is 0. The Bertz CT molecular complexity index is 468. The highest BCUT2D eigenvalue weighted by Crippen LogP contribution is 2.32. The van der Waals surface area contributed by atoms with E-state index in [2.05, 4.69) is 0 Å². The summed E-state index contributed by atoms with van der Waals surface area (Å²) in [5, 5.41) is 0. The number of piperidine rings is 1. The second kappa shape index (κ2) is 6.62. The summed E-state index contributed by atoms with van der Waals surface area (Å²) < 4.78 is 16.0. The van der Waals surface area contributed by atoms with Gasteiger partial charge >= 0.3 is 17.9 Å². The minimum atomic E-state index is -0.753. The van der Waals surface area contributed by atoms with Crippen LogP contribution in [0.4, 0.5) is 0 Å². The maximum Gasteiger partial charge on any atom is 0.303 e. The average molecular weight is 314 g/mol. The molecule has 0 amide bonds. The summed E-state index contributed by atoms with van der Waals surface area (Å²) in [4.78, 5) is 36.0. The van der Waals surface area contributed by atoms with Crippen LogP contribution in [-0.2, 0) is 28.6 Å². The van der Waals surface area contributed by atoms with Crippen LogP contribution in [0, 0.1) is 0 Å². The number of nitrogens with two attached hydrogens (primary N) is 1. The first-order valence-corrected chi connectivity index (χ1v) is 7.31. The van der Waals surface area contributed by atoms with Crippen LogP contribution in [0.15, 0.2) is 0 Å². The van der Waals surface area contributed by atoms with Crippen LogP contribution >= 0.6 is 0 Å². The van der Waals surface area contributed by atoms with Crippen LogP contribution in [0.2, 0.25) is 0 Å². The largest absolute Gasteiger partial charge is 0.461 e. The lowest BCUT2D eigenvalue weighted by Crippen LogP contribution is -2.66. The molecule has 0 radical (unpaired) electrons. The lowest BCUT2D eigenvalue weighted by atomic mass is 9.91. The van der Waals surface area contributed by atoms with Crippen molar-refractivity contribution in [2.24, 2.45) is 5.73 Å². The van der Waals surface area contributed by atoms with Gasteiger partial charge in [-0.25, -0.2) is 0 Å². The predicted molar refractivity (Wildman–Crippen MR) is 74.6 cm³/mol. The normalized spacial score (nSPS) is 34.6. The molecule has 8 nitrogen and oxygen atoms in total. The van der Waals surface area contributed by atoms with Gasteiger partial charge in [-0.1, -0.05) is 0 Å². The number of hydrogen-bond donors (Lipinski definition) is 1. The van der Waals surface area contributed by atoms with Gasteiger partial charge < -0.3 is 19.9 Å². The molecule has 1 unspecified atom stereocenters. The third kappa shape index (κ3) is 3.56. The van der Waals surface area contributed by atoms with Gasteiger partial charge in [-0.2, -0.15) is 0 Å². The molecule has 124 valence electrons. The van der Waals surface area contributed by atoms with Crippen molar-refractivity contribution >= 4 is 17.9 Å². The molecule has 0 aliphatic carbocycles. The van der Waals surface area contributed by atoms with Crippen LogP contribution in [-0.4, -0.2) is 66.3 Å². The van der Waals surface area contributed by atoms with Gasteiger partial charge in [0.1, 0.15) is 6.10 Å². The number of hydrogen-bond acceptors (Lipinski definition) is 8. The van der Waals surface area contributed by atoms with E-state index in [0.717, 1.165) is 0 Å². The number of ether oxygens (including phenoxy) is 3. The van der Waals surface area contributed by atoms with Crippen molar-refractivity contribution in [3.8, 4) is 0 Å². The summed E-state index contributed by atoms with van der Waals surface area (Å²) in [6.07, 6.45) is -1.29. The van der Waals surface area contributed by atoms with Crippen LogP contribution in [0.25, 0.3) is 0 Å². The van der Waals surface area contributed by atoms with Crippen molar-refractivity contribution in [3.05, 3.63) is 0 Å². The molecule has 2 fully saturated rings. The quantitative estimate of drug-likeness (QED) is 0.532. The number of nitrogens with zero attached hydrogens (tertiary/aromatic N) is 1. The molecule has 5 atom stereocenters. The Morgan fingerprint density at radius 1 is 0.955 bits per heavy atom. The minimum Gasteiger partial charge on any atom is -0.461 e. The maximum absolute atomic E-state index is 11.4. The number of rotatable bonds is 3. The second-order valence-electron chi connectivity index (χ2n) is 5.73. The van der Waals surface area contributed by atoms with E-state index in [1.54, 1.807) is 0 Å². The molecule has 2 aliphatic heterocycles. The van der Waals surface area contributed by atoms with Crippen molar-refractivity contribution in [3.63, 3.8) is 0 Å². The fraction of sp³-hybridized carbons (Fsp3) is 0.786. The maximum atomic E-state index is 11.4. The molecule has 2 aliphatic rings. The Kier molecular flexibility index (Phi) is 5.02. The summed E-state index contributed by atoms with van der Waals surface area (Å²) in [5.41, 5.74) is 6.08. The third-order valence-corrected chi connectivity index (χ3v) is 3.95. The lowest BCUT2D eigenvalue weighted by molar-refractivity contribution is -0.185. The van der Waals surface area contributed by atoms with E-state index in [0.29, 0.717) is 19.5 Å². The highest BCUT2D eigenvalue weighted by molar-refractivity contribution is 5.68. The van der Waals surface area contributed by atoms with E-state index >= 15 is 0 Å². The first kappa shape index (κ1) is 16.7. The highest BCUT2D eigenvalue weighted by Gasteiger charge is 2.53. The van der Waals surface area contributed by atoms with Gasteiger partial charge in [-0.15, -0.1) is 0 Å². The van der Waals surface area contributed by atoms with Gasteiger partial charge in [0, 0.05) is 33.9 Å². The van der Waals surface area contributed by atoms with E-state index in [-0.39, 0.29) is 6.04 Å². The van der Waals surface area contributed by atoms with Crippen molar-refractivity contribution in [1.82, 2.24) is 4.90 Å². The molecule has 2 saturated heterocycles. The smallest absolute Gasteiger partial charge is 0.303 e. The Morgan fingerprint density at radius 3 is 2.05 bits per heavy atom.